The van der Waals surface area contributed by atoms with Crippen LogP contribution >= 0.6 is 15.9 Å². The lowest BCUT2D eigenvalue weighted by molar-refractivity contribution is -0.386. The van der Waals surface area contributed by atoms with Crippen LogP contribution in [-0.4, -0.2) is 24.1 Å². The van der Waals surface area contributed by atoms with Crippen LogP contribution in [0.5, 0.6) is 5.75 Å². The summed E-state index contributed by atoms with van der Waals surface area (Å²) in [7, 11) is 1.93. The fraction of sp³-hybridized carbons (Fsp3) is 0.571. The second-order valence-corrected chi connectivity index (χ2v) is 6.75. The molecule has 1 fully saturated rings. The Kier molecular flexibility index (Phi) is 4.07. The van der Waals surface area contributed by atoms with Crippen LogP contribution in [0.15, 0.2) is 16.6 Å². The zero-order valence-corrected chi connectivity index (χ0v) is 13.7. The number of nitrogens with one attached hydrogen (secondary N) is 1. The summed E-state index contributed by atoms with van der Waals surface area (Å²) in [5.41, 5.74) is 0.748. The first-order chi connectivity index (χ1) is 9.27. The molecular formula is C14H19BrN2O3. The first-order valence-corrected chi connectivity index (χ1v) is 7.35. The van der Waals surface area contributed by atoms with Gasteiger partial charge in [-0.2, -0.15) is 0 Å². The first kappa shape index (κ1) is 15.3. The number of aryl methyl sites for hydroxylation is 1. The number of nitro benzene ring substituents is 1. The van der Waals surface area contributed by atoms with Crippen molar-refractivity contribution < 1.29 is 9.66 Å². The molecule has 110 valence electrons. The van der Waals surface area contributed by atoms with Crippen molar-refractivity contribution in [2.24, 2.45) is 5.41 Å². The second kappa shape index (κ2) is 5.33. The molecule has 0 bridgehead atoms. The monoisotopic (exact) mass is 342 g/mol. The van der Waals surface area contributed by atoms with Crippen LogP contribution in [0.3, 0.4) is 0 Å². The fourth-order valence-electron chi connectivity index (χ4n) is 2.72. The molecule has 2 rings (SSSR count). The molecule has 2 unspecified atom stereocenters. The molecule has 20 heavy (non-hydrogen) atoms. The Morgan fingerprint density at radius 1 is 1.50 bits per heavy atom. The SMILES string of the molecule is CNC1CC(Oc2c(C)cc(Br)cc2[N+](=O)[O-])C1(C)C. The third kappa shape index (κ3) is 2.54. The predicted octanol–water partition coefficient (Wildman–Crippen LogP) is 3.43. The fourth-order valence-corrected chi connectivity index (χ4v) is 3.28. The highest BCUT2D eigenvalue weighted by Gasteiger charge is 2.49. The largest absolute Gasteiger partial charge is 0.483 e. The Morgan fingerprint density at radius 3 is 2.65 bits per heavy atom. The minimum Gasteiger partial charge on any atom is -0.483 e. The van der Waals surface area contributed by atoms with Crippen LogP contribution in [0, 0.1) is 22.5 Å². The van der Waals surface area contributed by atoms with Gasteiger partial charge in [-0.05, 0) is 25.6 Å². The predicted molar refractivity (Wildman–Crippen MR) is 81.2 cm³/mol. The number of nitrogens with zero attached hydrogens (tertiary/aromatic N) is 1. The molecule has 1 aliphatic carbocycles. The van der Waals surface area contributed by atoms with Gasteiger partial charge in [0.05, 0.1) is 4.92 Å². The van der Waals surface area contributed by atoms with Crippen molar-refractivity contribution >= 4 is 21.6 Å². The smallest absolute Gasteiger partial charge is 0.312 e. The zero-order chi connectivity index (χ0) is 15.1. The Morgan fingerprint density at radius 2 is 2.15 bits per heavy atom. The molecule has 0 heterocycles. The number of rotatable bonds is 4. The van der Waals surface area contributed by atoms with Crippen molar-refractivity contribution in [3.05, 3.63) is 32.3 Å². The van der Waals surface area contributed by atoms with Crippen LogP contribution in [0.2, 0.25) is 0 Å². The summed E-state index contributed by atoms with van der Waals surface area (Å²) in [4.78, 5) is 10.8. The van der Waals surface area contributed by atoms with Gasteiger partial charge in [-0.1, -0.05) is 29.8 Å². The van der Waals surface area contributed by atoms with Gasteiger partial charge in [0.25, 0.3) is 0 Å². The van der Waals surface area contributed by atoms with Gasteiger partial charge >= 0.3 is 5.69 Å². The number of ether oxygens (including phenoxy) is 1. The van der Waals surface area contributed by atoms with E-state index in [1.165, 1.54) is 6.07 Å². The van der Waals surface area contributed by atoms with Gasteiger partial charge in [-0.3, -0.25) is 10.1 Å². The van der Waals surface area contributed by atoms with E-state index in [4.69, 9.17) is 4.74 Å². The summed E-state index contributed by atoms with van der Waals surface area (Å²) in [5, 5.41) is 14.4. The molecule has 1 aliphatic rings. The van der Waals surface area contributed by atoms with E-state index >= 15 is 0 Å². The molecule has 0 amide bonds. The van der Waals surface area contributed by atoms with Gasteiger partial charge in [-0.15, -0.1) is 0 Å². The molecule has 1 aromatic rings. The van der Waals surface area contributed by atoms with Crippen molar-refractivity contribution in [1.82, 2.24) is 5.32 Å². The van der Waals surface area contributed by atoms with Crippen molar-refractivity contribution in [2.45, 2.75) is 39.3 Å². The maximum Gasteiger partial charge on any atom is 0.312 e. The van der Waals surface area contributed by atoms with Crippen LogP contribution in [-0.2, 0) is 0 Å². The van der Waals surface area contributed by atoms with Crippen LogP contribution < -0.4 is 10.1 Å². The second-order valence-electron chi connectivity index (χ2n) is 5.83. The molecular weight excluding hydrogens is 324 g/mol. The lowest BCUT2D eigenvalue weighted by atomic mass is 9.64. The molecule has 0 spiro atoms. The quantitative estimate of drug-likeness (QED) is 0.672. The van der Waals surface area contributed by atoms with E-state index in [2.05, 4.69) is 35.1 Å². The molecule has 1 N–H and O–H groups in total. The molecule has 5 nitrogen and oxygen atoms in total. The average molecular weight is 343 g/mol. The highest BCUT2D eigenvalue weighted by molar-refractivity contribution is 9.10. The molecule has 0 aromatic heterocycles. The summed E-state index contributed by atoms with van der Waals surface area (Å²) < 4.78 is 6.66. The molecule has 1 aromatic carbocycles. The van der Waals surface area contributed by atoms with Gasteiger partial charge in [0, 0.05) is 28.4 Å². The average Bonchev–Trinajstić information content (AvgIpc) is 2.34. The lowest BCUT2D eigenvalue weighted by Gasteiger charge is -2.51. The Bertz CT molecular complexity index is 545. The van der Waals surface area contributed by atoms with Crippen molar-refractivity contribution in [1.29, 1.82) is 0 Å². The first-order valence-electron chi connectivity index (χ1n) is 6.55. The van der Waals surface area contributed by atoms with E-state index in [-0.39, 0.29) is 17.2 Å². The summed E-state index contributed by atoms with van der Waals surface area (Å²) >= 11 is 3.29. The number of hydrogen-bond donors (Lipinski definition) is 1. The highest BCUT2D eigenvalue weighted by atomic mass is 79.9. The van der Waals surface area contributed by atoms with Gasteiger partial charge in [-0.25, -0.2) is 0 Å². The molecule has 2 atom stereocenters. The number of hydrogen-bond acceptors (Lipinski definition) is 4. The summed E-state index contributed by atoms with van der Waals surface area (Å²) in [6.07, 6.45) is 0.842. The van der Waals surface area contributed by atoms with Crippen molar-refractivity contribution in [2.75, 3.05) is 7.05 Å². The molecule has 6 heteroatoms. The van der Waals surface area contributed by atoms with Crippen LogP contribution in [0.1, 0.15) is 25.8 Å². The summed E-state index contributed by atoms with van der Waals surface area (Å²) in [6, 6.07) is 3.70. The van der Waals surface area contributed by atoms with Gasteiger partial charge in [0.15, 0.2) is 5.75 Å². The number of benzene rings is 1. The van der Waals surface area contributed by atoms with Gasteiger partial charge < -0.3 is 10.1 Å². The standard InChI is InChI=1S/C14H19BrN2O3/c1-8-5-9(15)6-10(17(18)19)13(8)20-12-7-11(16-4)14(12,2)3/h5-6,11-12,16H,7H2,1-4H3. The minimum absolute atomic E-state index is 0.0144. The van der Waals surface area contributed by atoms with E-state index < -0.39 is 4.92 Å². The van der Waals surface area contributed by atoms with Gasteiger partial charge in [0.2, 0.25) is 0 Å². The Labute approximate surface area is 127 Å². The number of halogens is 1. The topological polar surface area (TPSA) is 64.4 Å². The van der Waals surface area contributed by atoms with Gasteiger partial charge in [0.1, 0.15) is 6.10 Å². The van der Waals surface area contributed by atoms with Crippen LogP contribution in [0.25, 0.3) is 0 Å². The van der Waals surface area contributed by atoms with E-state index in [0.29, 0.717) is 16.3 Å². The molecule has 0 saturated heterocycles. The third-order valence-electron chi connectivity index (χ3n) is 4.20. The van der Waals surface area contributed by atoms with E-state index in [9.17, 15) is 10.1 Å². The van der Waals surface area contributed by atoms with E-state index in [0.717, 1.165) is 12.0 Å². The lowest BCUT2D eigenvalue weighted by Crippen LogP contribution is -2.61. The molecule has 1 saturated carbocycles. The van der Waals surface area contributed by atoms with E-state index in [1.54, 1.807) is 0 Å². The highest BCUT2D eigenvalue weighted by Crippen LogP contribution is 2.45. The zero-order valence-electron chi connectivity index (χ0n) is 12.1. The van der Waals surface area contributed by atoms with Crippen molar-refractivity contribution in [3.63, 3.8) is 0 Å². The third-order valence-corrected chi connectivity index (χ3v) is 4.66. The molecule has 0 radical (unpaired) electrons. The summed E-state index contributed by atoms with van der Waals surface area (Å²) in [6.45, 7) is 6.05. The minimum atomic E-state index is -0.395. The molecule has 0 aliphatic heterocycles. The Balaban J connectivity index is 2.29. The summed E-state index contributed by atoms with van der Waals surface area (Å²) in [5.74, 6) is 0.380. The van der Waals surface area contributed by atoms with Crippen molar-refractivity contribution in [3.8, 4) is 5.75 Å². The van der Waals surface area contributed by atoms with Crippen LogP contribution in [0.4, 0.5) is 5.69 Å². The normalized spacial score (nSPS) is 24.1. The van der Waals surface area contributed by atoms with E-state index in [1.807, 2.05) is 20.0 Å². The number of nitro groups is 1. The maximum atomic E-state index is 11.2. The Hall–Kier alpha value is -1.14. The maximum absolute atomic E-state index is 11.2.